The van der Waals surface area contributed by atoms with Crippen molar-refractivity contribution in [2.45, 2.75) is 118 Å². The molecule has 8 nitrogen and oxygen atoms in total. The van der Waals surface area contributed by atoms with Gasteiger partial charge >= 0.3 is 0 Å². The Kier molecular flexibility index (Phi) is 20.7. The van der Waals surface area contributed by atoms with E-state index < -0.39 is 12.1 Å². The molecule has 0 aromatic carbocycles. The number of hydrogen-bond acceptors (Lipinski definition) is 7. The lowest BCUT2D eigenvalue weighted by atomic mass is 9.97. The van der Waals surface area contributed by atoms with Crippen molar-refractivity contribution in [1.82, 2.24) is 30.1 Å². The molecular formula is C33H57F3N8. The van der Waals surface area contributed by atoms with Crippen LogP contribution in [0.2, 0.25) is 0 Å². The second-order valence-electron chi connectivity index (χ2n) is 10.1. The van der Waals surface area contributed by atoms with Crippen molar-refractivity contribution >= 4 is 17.1 Å². The molecule has 4 rings (SSSR count). The van der Waals surface area contributed by atoms with Gasteiger partial charge in [-0.3, -0.25) is 10.4 Å². The van der Waals surface area contributed by atoms with E-state index >= 15 is 0 Å². The second-order valence-corrected chi connectivity index (χ2v) is 10.1. The van der Waals surface area contributed by atoms with Crippen molar-refractivity contribution in [1.29, 1.82) is 5.41 Å². The van der Waals surface area contributed by atoms with Crippen LogP contribution in [-0.4, -0.2) is 69.7 Å². The minimum atomic E-state index is -2.32. The highest BCUT2D eigenvalue weighted by atomic mass is 19.3. The number of alkyl halides is 3. The number of nitrogens with zero attached hydrogens (tertiary/aromatic N) is 5. The van der Waals surface area contributed by atoms with Crippen LogP contribution >= 0.6 is 0 Å². The molecule has 0 amide bonds. The van der Waals surface area contributed by atoms with E-state index in [1.165, 1.54) is 6.08 Å². The van der Waals surface area contributed by atoms with Crippen LogP contribution in [0.3, 0.4) is 0 Å². The molecule has 2 fully saturated rings. The maximum absolute atomic E-state index is 13.4. The van der Waals surface area contributed by atoms with E-state index in [2.05, 4.69) is 45.8 Å². The van der Waals surface area contributed by atoms with E-state index in [1.54, 1.807) is 18.5 Å². The Balaban J connectivity index is 0.000000699. The third-order valence-electron chi connectivity index (χ3n) is 6.72. The lowest BCUT2D eigenvalue weighted by Gasteiger charge is -2.20. The molecule has 3 N–H and O–H groups in total. The average Bonchev–Trinajstić information content (AvgIpc) is 3.60. The fourth-order valence-corrected chi connectivity index (χ4v) is 4.45. The van der Waals surface area contributed by atoms with Gasteiger partial charge < -0.3 is 15.5 Å². The number of imidazole rings is 1. The van der Waals surface area contributed by atoms with Gasteiger partial charge in [0.1, 0.15) is 6.17 Å². The van der Waals surface area contributed by atoms with Gasteiger partial charge in [-0.05, 0) is 50.9 Å². The van der Waals surface area contributed by atoms with Crippen molar-refractivity contribution in [3.05, 3.63) is 54.8 Å². The molecule has 1 aliphatic heterocycles. The molecule has 2 aliphatic rings. The number of aromatic nitrogens is 3. The summed E-state index contributed by atoms with van der Waals surface area (Å²) in [5.74, 6) is -1.56. The summed E-state index contributed by atoms with van der Waals surface area (Å²) >= 11 is 0. The molecule has 2 aromatic rings. The zero-order chi connectivity index (χ0) is 33.7. The molecule has 1 saturated heterocycles. The first kappa shape index (κ1) is 40.8. The Labute approximate surface area is 263 Å². The van der Waals surface area contributed by atoms with E-state index in [9.17, 15) is 13.2 Å². The largest absolute Gasteiger partial charge is 0.365 e. The van der Waals surface area contributed by atoms with Gasteiger partial charge in [-0.1, -0.05) is 60.6 Å². The van der Waals surface area contributed by atoms with Crippen LogP contribution in [0.5, 0.6) is 0 Å². The Morgan fingerprint density at radius 3 is 2.34 bits per heavy atom. The minimum Gasteiger partial charge on any atom is -0.365 e. The Morgan fingerprint density at radius 1 is 1.25 bits per heavy atom. The average molecular weight is 623 g/mol. The number of allylic oxidation sites excluding steroid dienone is 1. The summed E-state index contributed by atoms with van der Waals surface area (Å²) in [4.78, 5) is 10.5. The molecule has 0 radical (unpaired) electrons. The number of aliphatic imine (C=N–C) groups is 1. The smallest absolute Gasteiger partial charge is 0.248 e. The van der Waals surface area contributed by atoms with Crippen LogP contribution in [0.1, 0.15) is 97.7 Å². The number of rotatable bonds is 9. The van der Waals surface area contributed by atoms with Crippen molar-refractivity contribution in [3.8, 4) is 0 Å². The first-order valence-electron chi connectivity index (χ1n) is 15.9. The topological polar surface area (TPSA) is 93.7 Å². The van der Waals surface area contributed by atoms with Gasteiger partial charge in [-0.15, -0.1) is 0 Å². The van der Waals surface area contributed by atoms with Crippen LogP contribution in [0.15, 0.2) is 48.5 Å². The molecule has 2 unspecified atom stereocenters. The quantitative estimate of drug-likeness (QED) is 0.249. The van der Waals surface area contributed by atoms with E-state index in [0.717, 1.165) is 47.7 Å². The molecule has 11 heteroatoms. The summed E-state index contributed by atoms with van der Waals surface area (Å²) in [6.45, 7) is 21.1. The van der Waals surface area contributed by atoms with E-state index in [0.29, 0.717) is 38.2 Å². The monoisotopic (exact) mass is 622 g/mol. The maximum Gasteiger partial charge on any atom is 0.248 e. The summed E-state index contributed by atoms with van der Waals surface area (Å²) in [5.41, 5.74) is 4.09. The third kappa shape index (κ3) is 14.5. The fourth-order valence-electron chi connectivity index (χ4n) is 4.45. The van der Waals surface area contributed by atoms with Crippen molar-refractivity contribution in [3.63, 3.8) is 0 Å². The van der Waals surface area contributed by atoms with E-state index in [4.69, 9.17) is 5.41 Å². The number of hydrogen-bond donors (Lipinski definition) is 3. The Bertz CT molecular complexity index is 1140. The lowest BCUT2D eigenvalue weighted by molar-refractivity contribution is -0.0337. The molecule has 0 bridgehead atoms. The van der Waals surface area contributed by atoms with Crippen molar-refractivity contribution < 1.29 is 13.2 Å². The predicted molar refractivity (Wildman–Crippen MR) is 180 cm³/mol. The van der Waals surface area contributed by atoms with Gasteiger partial charge in [0.05, 0.1) is 41.4 Å². The normalized spacial score (nSPS) is 17.7. The SMILES string of the molecule is C=C1NC(C(C)F)CN1Cc1cnn2cc(CNC)nc2c1.C=CC(=N)C(CCC)=NC.CC.CC.FC1(F)CCCCC1. The summed E-state index contributed by atoms with van der Waals surface area (Å²) < 4.78 is 39.6. The Hall–Kier alpha value is -3.21. The fraction of sp³-hybridized carbons (Fsp3) is 0.636. The van der Waals surface area contributed by atoms with E-state index in [1.807, 2.05) is 58.1 Å². The number of halogens is 3. The van der Waals surface area contributed by atoms with Gasteiger partial charge in [0.15, 0.2) is 5.65 Å². The number of nitrogens with one attached hydrogen (secondary N) is 3. The van der Waals surface area contributed by atoms with Crippen molar-refractivity contribution in [2.75, 3.05) is 20.6 Å². The van der Waals surface area contributed by atoms with E-state index in [-0.39, 0.29) is 18.9 Å². The molecule has 1 aliphatic carbocycles. The van der Waals surface area contributed by atoms with Crippen LogP contribution in [0, 0.1) is 5.41 Å². The molecule has 44 heavy (non-hydrogen) atoms. The zero-order valence-electron chi connectivity index (χ0n) is 28.3. The summed E-state index contributed by atoms with van der Waals surface area (Å²) in [7, 11) is 3.60. The maximum atomic E-state index is 13.4. The highest BCUT2D eigenvalue weighted by molar-refractivity contribution is 6.45. The summed E-state index contributed by atoms with van der Waals surface area (Å²) in [6, 6.07) is 1.81. The second kappa shape index (κ2) is 22.3. The lowest BCUT2D eigenvalue weighted by Crippen LogP contribution is -2.31. The molecule has 250 valence electrons. The van der Waals surface area contributed by atoms with Gasteiger partial charge in [0, 0.05) is 39.5 Å². The number of fused-ring (bicyclic) bond motifs is 1. The van der Waals surface area contributed by atoms with Crippen LogP contribution < -0.4 is 10.6 Å². The standard InChI is InChI=1S/C15H21FN6.C8H14N2.C6H10F2.2C2H6/c1-10(16)14-9-21(11(2)19-14)7-12-4-15-20-13(6-17-3)8-22(15)18-5-12;1-4-6-8(10-3)7(9)5-2;7-6(8)4-2-1-3-5-6;2*1-2/h4-5,8,10,14,17,19H,2,6-7,9H2,1,3H3;5,9H,2,4,6H2,1,3H3;1-5H2;2*1-2H3. The van der Waals surface area contributed by atoms with Gasteiger partial charge in [0.2, 0.25) is 5.92 Å². The first-order chi connectivity index (χ1) is 21.0. The molecule has 2 aromatic heterocycles. The highest BCUT2D eigenvalue weighted by Gasteiger charge is 2.30. The van der Waals surface area contributed by atoms with Gasteiger partial charge in [-0.25, -0.2) is 22.7 Å². The first-order valence-corrected chi connectivity index (χ1v) is 15.9. The molecular weight excluding hydrogens is 565 g/mol. The van der Waals surface area contributed by atoms with Crippen LogP contribution in [0.25, 0.3) is 5.65 Å². The summed E-state index contributed by atoms with van der Waals surface area (Å²) in [5, 5.41) is 17.9. The van der Waals surface area contributed by atoms with Crippen LogP contribution in [0.4, 0.5) is 13.2 Å². The molecule has 3 heterocycles. The predicted octanol–water partition coefficient (Wildman–Crippen LogP) is 7.75. The zero-order valence-corrected chi connectivity index (χ0v) is 28.3. The minimum absolute atomic E-state index is 0.118. The van der Waals surface area contributed by atoms with Gasteiger partial charge in [-0.2, -0.15) is 5.10 Å². The molecule has 0 spiro atoms. The molecule has 1 saturated carbocycles. The van der Waals surface area contributed by atoms with Crippen molar-refractivity contribution in [2.24, 2.45) is 4.99 Å². The molecule has 2 atom stereocenters. The Morgan fingerprint density at radius 2 is 1.89 bits per heavy atom. The third-order valence-corrected chi connectivity index (χ3v) is 6.72. The highest BCUT2D eigenvalue weighted by Crippen LogP contribution is 2.32. The van der Waals surface area contributed by atoms with Gasteiger partial charge in [0.25, 0.3) is 0 Å². The summed E-state index contributed by atoms with van der Waals surface area (Å²) in [6.07, 6.45) is 8.92. The van der Waals surface area contributed by atoms with Crippen LogP contribution in [-0.2, 0) is 13.1 Å².